The Morgan fingerprint density at radius 1 is 0.972 bits per heavy atom. The van der Waals surface area contributed by atoms with Crippen LogP contribution in [0.25, 0.3) is 0 Å². The summed E-state index contributed by atoms with van der Waals surface area (Å²) in [5, 5.41) is 0. The van der Waals surface area contributed by atoms with Gasteiger partial charge in [0.2, 0.25) is 11.8 Å². The first-order valence-electron chi connectivity index (χ1n) is 13.3. The van der Waals surface area contributed by atoms with Gasteiger partial charge in [0, 0.05) is 38.3 Å². The van der Waals surface area contributed by atoms with Crippen molar-refractivity contribution in [3.8, 4) is 0 Å². The second-order valence-electron chi connectivity index (χ2n) is 11.9. The molecule has 8 heteroatoms. The van der Waals surface area contributed by atoms with Crippen molar-refractivity contribution in [1.82, 2.24) is 14.7 Å². The molecule has 3 saturated heterocycles. The molecule has 198 valence electrons. The van der Waals surface area contributed by atoms with E-state index in [2.05, 4.69) is 32.6 Å². The van der Waals surface area contributed by atoms with Crippen LogP contribution < -0.4 is 4.90 Å². The predicted molar refractivity (Wildman–Crippen MR) is 139 cm³/mol. The first-order valence-corrected chi connectivity index (χ1v) is 13.3. The number of amides is 3. The summed E-state index contributed by atoms with van der Waals surface area (Å²) in [6, 6.07) is 9.96. The molecule has 8 nitrogen and oxygen atoms in total. The normalized spacial score (nSPS) is 21.3. The summed E-state index contributed by atoms with van der Waals surface area (Å²) in [5.74, 6) is 0.472. The molecule has 3 fully saturated rings. The van der Waals surface area contributed by atoms with Crippen LogP contribution in [0.3, 0.4) is 0 Å². The number of piperidine rings is 1. The topological polar surface area (TPSA) is 73.4 Å². The SMILES string of the molecule is CC(CC(=O)N1CCC2(CC1)C(=O)N(CC(=O)N1CCOCC1)CN2c1ccccc1)CC(C)(C)C. The minimum absolute atomic E-state index is 0.00108. The molecule has 4 rings (SSSR count). The molecular weight excluding hydrogens is 456 g/mol. The van der Waals surface area contributed by atoms with Crippen LogP contribution in [0.15, 0.2) is 30.3 Å². The Balaban J connectivity index is 1.46. The Hall–Kier alpha value is -2.61. The molecule has 3 aliphatic rings. The van der Waals surface area contributed by atoms with Crippen molar-refractivity contribution >= 4 is 23.4 Å². The van der Waals surface area contributed by atoms with Gasteiger partial charge in [-0.05, 0) is 42.7 Å². The Labute approximate surface area is 215 Å². The quantitative estimate of drug-likeness (QED) is 0.603. The van der Waals surface area contributed by atoms with Crippen molar-refractivity contribution in [2.24, 2.45) is 11.3 Å². The van der Waals surface area contributed by atoms with Crippen molar-refractivity contribution in [3.63, 3.8) is 0 Å². The zero-order valence-electron chi connectivity index (χ0n) is 22.4. The summed E-state index contributed by atoms with van der Waals surface area (Å²) in [6.45, 7) is 12.6. The maximum Gasteiger partial charge on any atom is 0.250 e. The molecule has 1 atom stereocenters. The fourth-order valence-corrected chi connectivity index (χ4v) is 6.07. The molecule has 1 aromatic carbocycles. The van der Waals surface area contributed by atoms with E-state index in [1.54, 1.807) is 9.80 Å². The van der Waals surface area contributed by atoms with Crippen LogP contribution in [-0.4, -0.2) is 90.6 Å². The van der Waals surface area contributed by atoms with Crippen molar-refractivity contribution in [2.45, 2.75) is 58.9 Å². The van der Waals surface area contributed by atoms with Crippen LogP contribution in [-0.2, 0) is 19.1 Å². The number of morpholine rings is 1. The average molecular weight is 499 g/mol. The van der Waals surface area contributed by atoms with E-state index in [1.807, 2.05) is 35.2 Å². The zero-order chi connectivity index (χ0) is 25.9. The lowest BCUT2D eigenvalue weighted by Crippen LogP contribution is -2.57. The number of carbonyl (C=O) groups excluding carboxylic acids is 3. The van der Waals surface area contributed by atoms with E-state index in [1.165, 1.54) is 0 Å². The maximum absolute atomic E-state index is 13.9. The molecule has 0 radical (unpaired) electrons. The number of carbonyl (C=O) groups is 3. The van der Waals surface area contributed by atoms with Crippen LogP contribution in [0.2, 0.25) is 0 Å². The van der Waals surface area contributed by atoms with Gasteiger partial charge in [-0.2, -0.15) is 0 Å². The van der Waals surface area contributed by atoms with Crippen molar-refractivity contribution in [3.05, 3.63) is 30.3 Å². The molecule has 3 aliphatic heterocycles. The lowest BCUT2D eigenvalue weighted by Gasteiger charge is -2.43. The fourth-order valence-electron chi connectivity index (χ4n) is 6.07. The Morgan fingerprint density at radius 3 is 2.19 bits per heavy atom. The van der Waals surface area contributed by atoms with E-state index < -0.39 is 5.54 Å². The first kappa shape index (κ1) is 26.5. The monoisotopic (exact) mass is 498 g/mol. The van der Waals surface area contributed by atoms with E-state index in [0.29, 0.717) is 71.2 Å². The third-order valence-electron chi connectivity index (χ3n) is 7.70. The zero-order valence-corrected chi connectivity index (χ0v) is 22.4. The summed E-state index contributed by atoms with van der Waals surface area (Å²) in [4.78, 5) is 47.5. The van der Waals surface area contributed by atoms with Crippen molar-refractivity contribution in [2.75, 3.05) is 57.5 Å². The molecule has 3 amide bonds. The van der Waals surface area contributed by atoms with E-state index in [-0.39, 0.29) is 29.7 Å². The van der Waals surface area contributed by atoms with Crippen molar-refractivity contribution < 1.29 is 19.1 Å². The number of nitrogens with zero attached hydrogens (tertiary/aromatic N) is 4. The number of benzene rings is 1. The molecule has 1 unspecified atom stereocenters. The van der Waals surface area contributed by atoms with Gasteiger partial charge in [-0.15, -0.1) is 0 Å². The lowest BCUT2D eigenvalue weighted by atomic mass is 9.83. The van der Waals surface area contributed by atoms with Crippen LogP contribution >= 0.6 is 0 Å². The second kappa shape index (κ2) is 10.8. The first-order chi connectivity index (χ1) is 17.1. The average Bonchev–Trinajstić information content (AvgIpc) is 3.10. The Bertz CT molecular complexity index is 931. The smallest absolute Gasteiger partial charge is 0.250 e. The second-order valence-corrected chi connectivity index (χ2v) is 11.9. The minimum Gasteiger partial charge on any atom is -0.378 e. The number of hydrogen-bond donors (Lipinski definition) is 0. The van der Waals surface area contributed by atoms with Gasteiger partial charge in [-0.3, -0.25) is 14.4 Å². The fraction of sp³-hybridized carbons (Fsp3) is 0.679. The van der Waals surface area contributed by atoms with E-state index in [9.17, 15) is 14.4 Å². The van der Waals surface area contributed by atoms with Gasteiger partial charge in [0.25, 0.3) is 5.91 Å². The van der Waals surface area contributed by atoms with Gasteiger partial charge in [0.15, 0.2) is 0 Å². The summed E-state index contributed by atoms with van der Waals surface area (Å²) >= 11 is 0. The summed E-state index contributed by atoms with van der Waals surface area (Å²) in [7, 11) is 0. The highest BCUT2D eigenvalue weighted by molar-refractivity contribution is 5.96. The van der Waals surface area contributed by atoms with E-state index in [0.717, 1.165) is 12.1 Å². The largest absolute Gasteiger partial charge is 0.378 e. The van der Waals surface area contributed by atoms with E-state index >= 15 is 0 Å². The Kier molecular flexibility index (Phi) is 7.93. The highest BCUT2D eigenvalue weighted by Crippen LogP contribution is 2.40. The molecule has 0 N–H and O–H groups in total. The van der Waals surface area contributed by atoms with Gasteiger partial charge in [-0.1, -0.05) is 45.9 Å². The van der Waals surface area contributed by atoms with Gasteiger partial charge in [0.1, 0.15) is 12.1 Å². The molecule has 0 saturated carbocycles. The highest BCUT2D eigenvalue weighted by atomic mass is 16.5. The number of para-hydroxylation sites is 1. The van der Waals surface area contributed by atoms with Crippen LogP contribution in [0.1, 0.15) is 53.4 Å². The van der Waals surface area contributed by atoms with E-state index in [4.69, 9.17) is 4.74 Å². The van der Waals surface area contributed by atoms with Gasteiger partial charge >= 0.3 is 0 Å². The maximum atomic E-state index is 13.9. The Morgan fingerprint density at radius 2 is 1.58 bits per heavy atom. The summed E-state index contributed by atoms with van der Waals surface area (Å²) in [5.41, 5.74) is 0.450. The lowest BCUT2D eigenvalue weighted by molar-refractivity contribution is -0.144. The van der Waals surface area contributed by atoms with Crippen LogP contribution in [0.5, 0.6) is 0 Å². The number of ether oxygens (including phenoxy) is 1. The van der Waals surface area contributed by atoms with Gasteiger partial charge < -0.3 is 24.3 Å². The van der Waals surface area contributed by atoms with Gasteiger partial charge in [-0.25, -0.2) is 0 Å². The highest BCUT2D eigenvalue weighted by Gasteiger charge is 2.54. The summed E-state index contributed by atoms with van der Waals surface area (Å²) < 4.78 is 5.37. The molecule has 3 heterocycles. The molecule has 0 aliphatic carbocycles. The summed E-state index contributed by atoms with van der Waals surface area (Å²) in [6.07, 6.45) is 2.69. The number of hydrogen-bond acceptors (Lipinski definition) is 5. The molecule has 0 aromatic heterocycles. The van der Waals surface area contributed by atoms with Gasteiger partial charge in [0.05, 0.1) is 19.9 Å². The third kappa shape index (κ3) is 5.85. The molecular formula is C28H42N4O4. The molecule has 0 bridgehead atoms. The van der Waals surface area contributed by atoms with Crippen LogP contribution in [0, 0.1) is 11.3 Å². The number of likely N-dealkylation sites (tertiary alicyclic amines) is 1. The third-order valence-corrected chi connectivity index (χ3v) is 7.70. The van der Waals surface area contributed by atoms with Crippen LogP contribution in [0.4, 0.5) is 5.69 Å². The predicted octanol–water partition coefficient (Wildman–Crippen LogP) is 2.98. The molecule has 36 heavy (non-hydrogen) atoms. The molecule has 1 aromatic rings. The number of anilines is 1. The standard InChI is InChI=1S/C28H42N4O4/c1-22(19-27(2,3)4)18-24(33)29-12-10-28(11-13-29)26(35)31(20-25(34)30-14-16-36-17-15-30)21-32(28)23-8-6-5-7-9-23/h5-9,22H,10-21H2,1-4H3. The number of rotatable bonds is 6. The molecule has 1 spiro atoms. The van der Waals surface area contributed by atoms with Crippen molar-refractivity contribution in [1.29, 1.82) is 0 Å². The minimum atomic E-state index is -0.722.